The van der Waals surface area contributed by atoms with Crippen molar-refractivity contribution in [1.82, 2.24) is 5.32 Å². The summed E-state index contributed by atoms with van der Waals surface area (Å²) in [6.45, 7) is 4.56. The van der Waals surface area contributed by atoms with Crippen molar-refractivity contribution in [3.05, 3.63) is 28.2 Å². The van der Waals surface area contributed by atoms with Crippen LogP contribution in [0.25, 0.3) is 0 Å². The van der Waals surface area contributed by atoms with E-state index in [0.29, 0.717) is 12.2 Å². The van der Waals surface area contributed by atoms with Gasteiger partial charge in [0.05, 0.1) is 0 Å². The Balaban J connectivity index is 2.39. The summed E-state index contributed by atoms with van der Waals surface area (Å²) in [6.07, 6.45) is 4.28. The van der Waals surface area contributed by atoms with E-state index in [1.807, 2.05) is 19.1 Å². The molecule has 0 aliphatic rings. The molecule has 1 aromatic rings. The monoisotopic (exact) mass is 340 g/mol. The predicted octanol–water partition coefficient (Wildman–Crippen LogP) is 3.39. The molecule has 5 heteroatoms. The van der Waals surface area contributed by atoms with E-state index in [4.69, 9.17) is 0 Å². The maximum atomic E-state index is 11.7. The summed E-state index contributed by atoms with van der Waals surface area (Å²) in [5, 5.41) is 5.25. The summed E-state index contributed by atoms with van der Waals surface area (Å²) in [5.74, 6) is -1.20. The van der Waals surface area contributed by atoms with Gasteiger partial charge in [-0.15, -0.1) is 0 Å². The van der Waals surface area contributed by atoms with Gasteiger partial charge in [0.15, 0.2) is 0 Å². The first-order valence-electron chi connectivity index (χ1n) is 6.90. The summed E-state index contributed by atoms with van der Waals surface area (Å²) in [6, 6.07) is 5.48. The van der Waals surface area contributed by atoms with Crippen LogP contribution in [0.4, 0.5) is 5.69 Å². The molecule has 0 aliphatic carbocycles. The van der Waals surface area contributed by atoms with Gasteiger partial charge in [0.2, 0.25) is 0 Å². The number of hydrogen-bond acceptors (Lipinski definition) is 2. The van der Waals surface area contributed by atoms with Crippen molar-refractivity contribution in [2.24, 2.45) is 0 Å². The average Bonchev–Trinajstić information content (AvgIpc) is 2.41. The molecule has 1 rings (SSSR count). The highest BCUT2D eigenvalue weighted by Gasteiger charge is 2.13. The molecule has 0 saturated heterocycles. The standard InChI is InChI=1S/C15H21BrN2O2/c1-3-4-5-6-9-17-14(19)15(20)18-13-8-7-12(16)10-11(13)2/h7-8,10H,3-6,9H2,1-2H3,(H,17,19)(H,18,20). The second-order valence-electron chi connectivity index (χ2n) is 4.73. The third-order valence-corrected chi connectivity index (χ3v) is 3.45. The van der Waals surface area contributed by atoms with E-state index in [0.717, 1.165) is 35.7 Å². The van der Waals surface area contributed by atoms with Crippen LogP contribution < -0.4 is 10.6 Å². The number of halogens is 1. The normalized spacial score (nSPS) is 10.2. The quantitative estimate of drug-likeness (QED) is 0.615. The molecular formula is C15H21BrN2O2. The van der Waals surface area contributed by atoms with Crippen LogP contribution >= 0.6 is 15.9 Å². The first kappa shape index (κ1) is 16.7. The van der Waals surface area contributed by atoms with Crippen molar-refractivity contribution in [3.63, 3.8) is 0 Å². The summed E-state index contributed by atoms with van der Waals surface area (Å²) in [4.78, 5) is 23.4. The van der Waals surface area contributed by atoms with Crippen molar-refractivity contribution < 1.29 is 9.59 Å². The van der Waals surface area contributed by atoms with Gasteiger partial charge < -0.3 is 10.6 Å². The SMILES string of the molecule is CCCCCCNC(=O)C(=O)Nc1ccc(Br)cc1C. The Hall–Kier alpha value is -1.36. The molecule has 4 nitrogen and oxygen atoms in total. The van der Waals surface area contributed by atoms with Crippen LogP contribution in [0.1, 0.15) is 38.2 Å². The number of unbranched alkanes of at least 4 members (excludes halogenated alkanes) is 3. The molecule has 20 heavy (non-hydrogen) atoms. The second kappa shape index (κ2) is 8.74. The largest absolute Gasteiger partial charge is 0.348 e. The van der Waals surface area contributed by atoms with Crippen LogP contribution in [0, 0.1) is 6.92 Å². The minimum Gasteiger partial charge on any atom is -0.348 e. The van der Waals surface area contributed by atoms with Gasteiger partial charge in [0, 0.05) is 16.7 Å². The molecule has 0 saturated carbocycles. The zero-order chi connectivity index (χ0) is 15.0. The molecular weight excluding hydrogens is 320 g/mol. The van der Waals surface area contributed by atoms with Gasteiger partial charge in [0.25, 0.3) is 0 Å². The van der Waals surface area contributed by atoms with Crippen molar-refractivity contribution in [3.8, 4) is 0 Å². The number of aryl methyl sites for hydroxylation is 1. The predicted molar refractivity (Wildman–Crippen MR) is 84.7 cm³/mol. The Morgan fingerprint density at radius 1 is 1.15 bits per heavy atom. The maximum Gasteiger partial charge on any atom is 0.313 e. The van der Waals surface area contributed by atoms with E-state index in [2.05, 4.69) is 33.5 Å². The Bertz CT molecular complexity index is 475. The molecule has 1 aromatic carbocycles. The van der Waals surface area contributed by atoms with E-state index >= 15 is 0 Å². The number of rotatable bonds is 6. The van der Waals surface area contributed by atoms with Gasteiger partial charge >= 0.3 is 11.8 Å². The fourth-order valence-corrected chi connectivity index (χ4v) is 2.26. The third-order valence-electron chi connectivity index (χ3n) is 2.96. The molecule has 0 spiro atoms. The third kappa shape index (κ3) is 5.74. The summed E-state index contributed by atoms with van der Waals surface area (Å²) < 4.78 is 0.938. The van der Waals surface area contributed by atoms with E-state index in [1.165, 1.54) is 0 Å². The molecule has 0 aliphatic heterocycles. The zero-order valence-electron chi connectivity index (χ0n) is 12.0. The topological polar surface area (TPSA) is 58.2 Å². The highest BCUT2D eigenvalue weighted by Crippen LogP contribution is 2.19. The van der Waals surface area contributed by atoms with Crippen molar-refractivity contribution in [2.45, 2.75) is 39.5 Å². The molecule has 0 atom stereocenters. The fourth-order valence-electron chi connectivity index (χ4n) is 1.78. The van der Waals surface area contributed by atoms with Crippen LogP contribution in [0.2, 0.25) is 0 Å². The smallest absolute Gasteiger partial charge is 0.313 e. The Morgan fingerprint density at radius 2 is 1.90 bits per heavy atom. The first-order chi connectivity index (χ1) is 9.54. The van der Waals surface area contributed by atoms with Crippen molar-refractivity contribution in [1.29, 1.82) is 0 Å². The van der Waals surface area contributed by atoms with Crippen molar-refractivity contribution in [2.75, 3.05) is 11.9 Å². The Labute approximate surface area is 128 Å². The van der Waals surface area contributed by atoms with Crippen molar-refractivity contribution >= 4 is 33.4 Å². The van der Waals surface area contributed by atoms with Gasteiger partial charge in [-0.2, -0.15) is 0 Å². The average molecular weight is 341 g/mol. The zero-order valence-corrected chi connectivity index (χ0v) is 13.5. The summed E-state index contributed by atoms with van der Waals surface area (Å²) in [5.41, 5.74) is 1.56. The molecule has 0 fully saturated rings. The minimum atomic E-state index is -0.620. The lowest BCUT2D eigenvalue weighted by molar-refractivity contribution is -0.136. The maximum absolute atomic E-state index is 11.7. The molecule has 110 valence electrons. The first-order valence-corrected chi connectivity index (χ1v) is 7.69. The number of benzene rings is 1. The van der Waals surface area contributed by atoms with E-state index in [9.17, 15) is 9.59 Å². The number of carbonyl (C=O) groups excluding carboxylic acids is 2. The Morgan fingerprint density at radius 3 is 2.55 bits per heavy atom. The van der Waals surface area contributed by atoms with Gasteiger partial charge in [0.1, 0.15) is 0 Å². The van der Waals surface area contributed by atoms with Crippen LogP contribution in [0.15, 0.2) is 22.7 Å². The molecule has 0 heterocycles. The molecule has 0 unspecified atom stereocenters. The molecule has 2 N–H and O–H groups in total. The van der Waals surface area contributed by atoms with Crippen LogP contribution in [-0.4, -0.2) is 18.4 Å². The summed E-state index contributed by atoms with van der Waals surface area (Å²) in [7, 11) is 0. The summed E-state index contributed by atoms with van der Waals surface area (Å²) >= 11 is 3.35. The van der Waals surface area contributed by atoms with Crippen LogP contribution in [0.3, 0.4) is 0 Å². The lowest BCUT2D eigenvalue weighted by Gasteiger charge is -2.09. The highest BCUT2D eigenvalue weighted by molar-refractivity contribution is 9.10. The van der Waals surface area contributed by atoms with E-state index in [-0.39, 0.29) is 0 Å². The minimum absolute atomic E-state index is 0.547. The number of hydrogen-bond donors (Lipinski definition) is 2. The van der Waals surface area contributed by atoms with Gasteiger partial charge in [-0.3, -0.25) is 9.59 Å². The number of carbonyl (C=O) groups is 2. The highest BCUT2D eigenvalue weighted by atomic mass is 79.9. The Kier molecular flexibility index (Phi) is 7.30. The van der Waals surface area contributed by atoms with Crippen LogP contribution in [-0.2, 0) is 9.59 Å². The van der Waals surface area contributed by atoms with Gasteiger partial charge in [-0.25, -0.2) is 0 Å². The number of anilines is 1. The van der Waals surface area contributed by atoms with Gasteiger partial charge in [-0.05, 0) is 37.1 Å². The lowest BCUT2D eigenvalue weighted by Crippen LogP contribution is -2.36. The molecule has 0 radical (unpaired) electrons. The van der Waals surface area contributed by atoms with E-state index in [1.54, 1.807) is 6.07 Å². The molecule has 0 aromatic heterocycles. The molecule has 2 amide bonds. The number of nitrogens with one attached hydrogen (secondary N) is 2. The van der Waals surface area contributed by atoms with Crippen LogP contribution in [0.5, 0.6) is 0 Å². The number of amides is 2. The van der Waals surface area contributed by atoms with E-state index < -0.39 is 11.8 Å². The van der Waals surface area contributed by atoms with Gasteiger partial charge in [-0.1, -0.05) is 42.1 Å². The molecule has 0 bridgehead atoms. The second-order valence-corrected chi connectivity index (χ2v) is 5.65. The fraction of sp³-hybridized carbons (Fsp3) is 0.467. The lowest BCUT2D eigenvalue weighted by atomic mass is 10.2.